The summed E-state index contributed by atoms with van der Waals surface area (Å²) < 4.78 is 0. The van der Waals surface area contributed by atoms with Crippen LogP contribution in [-0.4, -0.2) is 42.6 Å². The lowest BCUT2D eigenvalue weighted by Crippen LogP contribution is -2.45. The summed E-state index contributed by atoms with van der Waals surface area (Å²) in [4.78, 5) is 9.80. The van der Waals surface area contributed by atoms with Gasteiger partial charge in [0.2, 0.25) is 0 Å². The van der Waals surface area contributed by atoms with Crippen LogP contribution in [-0.2, 0) is 6.54 Å². The van der Waals surface area contributed by atoms with Crippen molar-refractivity contribution in [1.29, 1.82) is 0 Å². The van der Waals surface area contributed by atoms with Gasteiger partial charge in [-0.3, -0.25) is 4.90 Å². The number of aliphatic imine (C=N–C) groups is 1. The molecule has 0 aliphatic carbocycles. The Hall–Kier alpha value is -1.07. The summed E-state index contributed by atoms with van der Waals surface area (Å²) in [5.74, 6) is 0.904. The van der Waals surface area contributed by atoms with Crippen LogP contribution >= 0.6 is 11.3 Å². The Morgan fingerprint density at radius 3 is 2.36 bits per heavy atom. The van der Waals surface area contributed by atoms with E-state index in [1.807, 2.05) is 11.3 Å². The predicted molar refractivity (Wildman–Crippen MR) is 98.9 cm³/mol. The van der Waals surface area contributed by atoms with Crippen molar-refractivity contribution >= 4 is 17.3 Å². The maximum absolute atomic E-state index is 4.67. The van der Waals surface area contributed by atoms with Crippen LogP contribution in [0.25, 0.3) is 0 Å². The first-order valence-electron chi connectivity index (χ1n) is 8.27. The molecule has 1 rings (SSSR count). The molecule has 0 aliphatic rings. The first-order valence-corrected chi connectivity index (χ1v) is 9.09. The van der Waals surface area contributed by atoms with Gasteiger partial charge in [0.1, 0.15) is 0 Å². The van der Waals surface area contributed by atoms with Gasteiger partial charge in [-0.25, -0.2) is 4.99 Å². The van der Waals surface area contributed by atoms with E-state index in [0.29, 0.717) is 12.1 Å². The lowest BCUT2D eigenvalue weighted by molar-refractivity contribution is 0.178. The second kappa shape index (κ2) is 9.85. The highest BCUT2D eigenvalue weighted by molar-refractivity contribution is 7.11. The number of hydrogen-bond acceptors (Lipinski definition) is 3. The molecule has 5 heteroatoms. The third-order valence-electron chi connectivity index (χ3n) is 3.52. The molecule has 0 aromatic carbocycles. The van der Waals surface area contributed by atoms with Gasteiger partial charge in [-0.1, -0.05) is 0 Å². The summed E-state index contributed by atoms with van der Waals surface area (Å²) in [6.45, 7) is 16.8. The molecule has 22 heavy (non-hydrogen) atoms. The molecule has 0 unspecified atom stereocenters. The summed E-state index contributed by atoms with van der Waals surface area (Å²) in [5.41, 5.74) is 0. The van der Waals surface area contributed by atoms with Gasteiger partial charge in [0, 0.05) is 41.5 Å². The molecule has 0 radical (unpaired) electrons. The van der Waals surface area contributed by atoms with Gasteiger partial charge in [0.05, 0.1) is 6.54 Å². The van der Waals surface area contributed by atoms with E-state index < -0.39 is 0 Å². The van der Waals surface area contributed by atoms with Crippen molar-refractivity contribution in [2.24, 2.45) is 4.99 Å². The molecule has 4 nitrogen and oxygen atoms in total. The minimum absolute atomic E-state index is 0.565. The molecule has 0 fully saturated rings. The topological polar surface area (TPSA) is 39.7 Å². The Balaban J connectivity index is 2.49. The molecule has 0 spiro atoms. The molecule has 1 heterocycles. The summed E-state index contributed by atoms with van der Waals surface area (Å²) in [6.07, 6.45) is 0. The SMILES string of the molecule is CCNC(=NCc1ccc(C)s1)NCCN(C(C)C)C(C)C. The molecule has 0 bridgehead atoms. The molecule has 2 N–H and O–H groups in total. The van der Waals surface area contributed by atoms with Crippen molar-refractivity contribution in [3.63, 3.8) is 0 Å². The monoisotopic (exact) mass is 324 g/mol. The highest BCUT2D eigenvalue weighted by atomic mass is 32.1. The minimum Gasteiger partial charge on any atom is -0.357 e. The molecule has 1 aromatic rings. The van der Waals surface area contributed by atoms with Gasteiger partial charge in [-0.05, 0) is 53.7 Å². The maximum atomic E-state index is 4.67. The van der Waals surface area contributed by atoms with E-state index in [1.54, 1.807) is 0 Å². The number of aryl methyl sites for hydroxylation is 1. The molecule has 126 valence electrons. The molecule has 0 saturated carbocycles. The normalized spacial score (nSPS) is 12.5. The van der Waals surface area contributed by atoms with E-state index in [2.05, 4.69) is 74.2 Å². The lowest BCUT2D eigenvalue weighted by Gasteiger charge is -2.30. The molecule has 0 amide bonds. The van der Waals surface area contributed by atoms with E-state index in [0.717, 1.165) is 32.1 Å². The van der Waals surface area contributed by atoms with Gasteiger partial charge in [-0.15, -0.1) is 11.3 Å². The minimum atomic E-state index is 0.565. The largest absolute Gasteiger partial charge is 0.357 e. The quantitative estimate of drug-likeness (QED) is 0.570. The number of nitrogens with zero attached hydrogens (tertiary/aromatic N) is 2. The van der Waals surface area contributed by atoms with Crippen LogP contribution in [0.2, 0.25) is 0 Å². The summed E-state index contributed by atoms with van der Waals surface area (Å²) in [7, 11) is 0. The van der Waals surface area contributed by atoms with E-state index in [1.165, 1.54) is 9.75 Å². The second-order valence-corrected chi connectivity index (χ2v) is 7.43. The fourth-order valence-corrected chi connectivity index (χ4v) is 3.30. The van der Waals surface area contributed by atoms with Crippen LogP contribution in [0, 0.1) is 6.92 Å². The smallest absolute Gasteiger partial charge is 0.191 e. The predicted octanol–water partition coefficient (Wildman–Crippen LogP) is 3.23. The molecule has 0 aliphatic heterocycles. The summed E-state index contributed by atoms with van der Waals surface area (Å²) in [5, 5.41) is 6.76. The Labute approximate surface area is 140 Å². The zero-order valence-corrected chi connectivity index (χ0v) is 15.8. The average molecular weight is 325 g/mol. The Bertz CT molecular complexity index is 443. The van der Waals surface area contributed by atoms with E-state index >= 15 is 0 Å². The van der Waals surface area contributed by atoms with Crippen molar-refractivity contribution in [3.05, 3.63) is 21.9 Å². The maximum Gasteiger partial charge on any atom is 0.191 e. The van der Waals surface area contributed by atoms with Crippen molar-refractivity contribution < 1.29 is 0 Å². The zero-order chi connectivity index (χ0) is 16.5. The van der Waals surface area contributed by atoms with Crippen molar-refractivity contribution in [1.82, 2.24) is 15.5 Å². The van der Waals surface area contributed by atoms with Gasteiger partial charge < -0.3 is 10.6 Å². The first kappa shape index (κ1) is 19.0. The van der Waals surface area contributed by atoms with E-state index in [4.69, 9.17) is 0 Å². The number of thiophene rings is 1. The average Bonchev–Trinajstić information content (AvgIpc) is 2.85. The highest BCUT2D eigenvalue weighted by Gasteiger charge is 2.12. The van der Waals surface area contributed by atoms with Crippen LogP contribution in [0.15, 0.2) is 17.1 Å². The third-order valence-corrected chi connectivity index (χ3v) is 4.51. The van der Waals surface area contributed by atoms with Crippen LogP contribution < -0.4 is 10.6 Å². The Kier molecular flexibility index (Phi) is 8.49. The third kappa shape index (κ3) is 6.79. The highest BCUT2D eigenvalue weighted by Crippen LogP contribution is 2.15. The summed E-state index contributed by atoms with van der Waals surface area (Å²) >= 11 is 1.81. The van der Waals surface area contributed by atoms with Crippen LogP contribution in [0.3, 0.4) is 0 Å². The molecule has 0 saturated heterocycles. The van der Waals surface area contributed by atoms with Crippen molar-refractivity contribution in [2.45, 2.75) is 60.2 Å². The number of hydrogen-bond donors (Lipinski definition) is 2. The van der Waals surface area contributed by atoms with Crippen molar-refractivity contribution in [3.8, 4) is 0 Å². The number of nitrogens with one attached hydrogen (secondary N) is 2. The van der Waals surface area contributed by atoms with Crippen molar-refractivity contribution in [2.75, 3.05) is 19.6 Å². The van der Waals surface area contributed by atoms with E-state index in [-0.39, 0.29) is 0 Å². The van der Waals surface area contributed by atoms with Crippen LogP contribution in [0.4, 0.5) is 0 Å². The second-order valence-electron chi connectivity index (χ2n) is 6.06. The lowest BCUT2D eigenvalue weighted by atomic mass is 10.2. The molecule has 1 aromatic heterocycles. The standard InChI is InChI=1S/C17H32N4S/c1-7-18-17(20-12-16-9-8-15(6)22-16)19-10-11-21(13(2)3)14(4)5/h8-9,13-14H,7,10-12H2,1-6H3,(H2,18,19,20). The van der Waals surface area contributed by atoms with E-state index in [9.17, 15) is 0 Å². The molecular weight excluding hydrogens is 292 g/mol. The van der Waals surface area contributed by atoms with Crippen LogP contribution in [0.5, 0.6) is 0 Å². The Morgan fingerprint density at radius 2 is 1.86 bits per heavy atom. The number of guanidine groups is 1. The molecular formula is C17H32N4S. The van der Waals surface area contributed by atoms with Gasteiger partial charge >= 0.3 is 0 Å². The zero-order valence-electron chi connectivity index (χ0n) is 14.9. The van der Waals surface area contributed by atoms with Crippen LogP contribution in [0.1, 0.15) is 44.4 Å². The van der Waals surface area contributed by atoms with Gasteiger partial charge in [0.15, 0.2) is 5.96 Å². The first-order chi connectivity index (χ1) is 10.4. The Morgan fingerprint density at radius 1 is 1.18 bits per heavy atom. The summed E-state index contributed by atoms with van der Waals surface area (Å²) in [6, 6.07) is 5.44. The van der Waals surface area contributed by atoms with Gasteiger partial charge in [0.25, 0.3) is 0 Å². The van der Waals surface area contributed by atoms with Gasteiger partial charge in [-0.2, -0.15) is 0 Å². The fraction of sp³-hybridized carbons (Fsp3) is 0.706. The fourth-order valence-electron chi connectivity index (χ4n) is 2.48. The number of rotatable bonds is 8. The molecule has 0 atom stereocenters.